The molecule has 150 valence electrons. The molecular formula is C23H29NO4. The minimum atomic E-state index is -0.155. The molecule has 1 amide bonds. The van der Waals surface area contributed by atoms with Crippen molar-refractivity contribution in [2.45, 2.75) is 33.9 Å². The summed E-state index contributed by atoms with van der Waals surface area (Å²) in [5, 5.41) is 2.92. The normalized spacial score (nSPS) is 10.8. The van der Waals surface area contributed by atoms with Crippen LogP contribution in [0.4, 0.5) is 0 Å². The summed E-state index contributed by atoms with van der Waals surface area (Å²) < 4.78 is 16.7. The molecule has 0 aliphatic rings. The van der Waals surface area contributed by atoms with E-state index < -0.39 is 0 Å². The van der Waals surface area contributed by atoms with Gasteiger partial charge in [0.05, 0.1) is 19.8 Å². The van der Waals surface area contributed by atoms with Crippen molar-refractivity contribution < 1.29 is 19.0 Å². The molecule has 0 bridgehead atoms. The number of hydrogen-bond acceptors (Lipinski definition) is 4. The molecule has 0 saturated carbocycles. The molecule has 0 radical (unpaired) electrons. The predicted molar refractivity (Wildman–Crippen MR) is 111 cm³/mol. The zero-order valence-electron chi connectivity index (χ0n) is 16.9. The van der Waals surface area contributed by atoms with Gasteiger partial charge in [-0.05, 0) is 55.7 Å². The number of amides is 1. The fourth-order valence-electron chi connectivity index (χ4n) is 2.67. The number of carbonyl (C=O) groups is 1. The molecule has 2 aromatic rings. The Balaban J connectivity index is 1.98. The first-order valence-corrected chi connectivity index (χ1v) is 9.68. The third-order valence-electron chi connectivity index (χ3n) is 4.03. The van der Waals surface area contributed by atoms with Gasteiger partial charge in [-0.25, -0.2) is 0 Å². The Morgan fingerprint density at radius 3 is 2.36 bits per heavy atom. The lowest BCUT2D eigenvalue weighted by molar-refractivity contribution is -0.116. The fraction of sp³-hybridized carbons (Fsp3) is 0.348. The van der Waals surface area contributed by atoms with Crippen LogP contribution in [-0.4, -0.2) is 25.7 Å². The van der Waals surface area contributed by atoms with Gasteiger partial charge in [-0.2, -0.15) is 0 Å². The molecule has 2 aromatic carbocycles. The first-order valence-electron chi connectivity index (χ1n) is 9.68. The quantitative estimate of drug-likeness (QED) is 0.586. The smallest absolute Gasteiger partial charge is 0.244 e. The minimum Gasteiger partial charge on any atom is -0.490 e. The van der Waals surface area contributed by atoms with Crippen molar-refractivity contribution in [3.8, 4) is 11.5 Å². The number of hydrogen-bond donors (Lipinski definition) is 1. The third kappa shape index (κ3) is 6.74. The first-order chi connectivity index (χ1) is 13.7. The molecule has 2 rings (SSSR count). The third-order valence-corrected chi connectivity index (χ3v) is 4.03. The molecule has 5 heteroatoms. The van der Waals surface area contributed by atoms with E-state index in [1.807, 2.05) is 63.2 Å². The maximum Gasteiger partial charge on any atom is 0.244 e. The summed E-state index contributed by atoms with van der Waals surface area (Å²) in [5.41, 5.74) is 3.01. The van der Waals surface area contributed by atoms with Crippen LogP contribution in [-0.2, 0) is 22.7 Å². The van der Waals surface area contributed by atoms with E-state index in [1.54, 1.807) is 6.08 Å². The maximum atomic E-state index is 12.2. The average Bonchev–Trinajstić information content (AvgIpc) is 2.71. The van der Waals surface area contributed by atoms with Crippen LogP contribution in [0.3, 0.4) is 0 Å². The van der Waals surface area contributed by atoms with Gasteiger partial charge in [0.1, 0.15) is 0 Å². The summed E-state index contributed by atoms with van der Waals surface area (Å²) >= 11 is 0. The van der Waals surface area contributed by atoms with Gasteiger partial charge in [-0.15, -0.1) is 0 Å². The van der Waals surface area contributed by atoms with Gasteiger partial charge in [0.15, 0.2) is 11.5 Å². The Labute approximate surface area is 167 Å². The predicted octanol–water partition coefficient (Wildman–Crippen LogP) is 4.35. The van der Waals surface area contributed by atoms with Crippen LogP contribution >= 0.6 is 0 Å². The topological polar surface area (TPSA) is 56.8 Å². The summed E-state index contributed by atoms with van der Waals surface area (Å²) in [4.78, 5) is 12.2. The highest BCUT2D eigenvalue weighted by molar-refractivity contribution is 5.91. The van der Waals surface area contributed by atoms with Crippen LogP contribution in [0.1, 0.15) is 37.5 Å². The molecule has 1 N–H and O–H groups in total. The second-order valence-corrected chi connectivity index (χ2v) is 6.03. The van der Waals surface area contributed by atoms with Crippen LogP contribution in [0.2, 0.25) is 0 Å². The molecule has 0 aliphatic heterocycles. The Morgan fingerprint density at radius 1 is 0.929 bits per heavy atom. The Bertz CT molecular complexity index is 786. The minimum absolute atomic E-state index is 0.155. The molecule has 0 saturated heterocycles. The molecule has 0 aromatic heterocycles. The van der Waals surface area contributed by atoms with E-state index in [-0.39, 0.29) is 5.91 Å². The van der Waals surface area contributed by atoms with Gasteiger partial charge >= 0.3 is 0 Å². The SMILES string of the molecule is CCOCc1ccccc1CNC(=O)/C=C/c1ccc(OCC)c(OCC)c1. The van der Waals surface area contributed by atoms with E-state index in [9.17, 15) is 4.79 Å². The Morgan fingerprint density at radius 2 is 1.64 bits per heavy atom. The van der Waals surface area contributed by atoms with E-state index in [0.717, 1.165) is 16.7 Å². The molecule has 0 atom stereocenters. The number of rotatable bonds is 11. The molecular weight excluding hydrogens is 354 g/mol. The van der Waals surface area contributed by atoms with Gasteiger partial charge in [0.2, 0.25) is 5.91 Å². The van der Waals surface area contributed by atoms with E-state index in [2.05, 4.69) is 5.32 Å². The number of nitrogens with one attached hydrogen (secondary N) is 1. The maximum absolute atomic E-state index is 12.2. The summed E-state index contributed by atoms with van der Waals surface area (Å²) in [6, 6.07) is 13.6. The van der Waals surface area contributed by atoms with Gasteiger partial charge in [-0.3, -0.25) is 4.79 Å². The van der Waals surface area contributed by atoms with Crippen molar-refractivity contribution in [1.29, 1.82) is 0 Å². The van der Waals surface area contributed by atoms with Gasteiger partial charge < -0.3 is 19.5 Å². The van der Waals surface area contributed by atoms with Crippen molar-refractivity contribution in [2.24, 2.45) is 0 Å². The van der Waals surface area contributed by atoms with Crippen LogP contribution in [0, 0.1) is 0 Å². The summed E-state index contributed by atoms with van der Waals surface area (Å²) in [7, 11) is 0. The molecule has 0 spiro atoms. The fourth-order valence-corrected chi connectivity index (χ4v) is 2.67. The van der Waals surface area contributed by atoms with Crippen LogP contribution in [0.25, 0.3) is 6.08 Å². The lowest BCUT2D eigenvalue weighted by Crippen LogP contribution is -2.21. The van der Waals surface area contributed by atoms with E-state index >= 15 is 0 Å². The van der Waals surface area contributed by atoms with Crippen molar-refractivity contribution in [1.82, 2.24) is 5.32 Å². The largest absolute Gasteiger partial charge is 0.490 e. The molecule has 28 heavy (non-hydrogen) atoms. The number of carbonyl (C=O) groups excluding carboxylic acids is 1. The van der Waals surface area contributed by atoms with E-state index in [1.165, 1.54) is 6.08 Å². The highest BCUT2D eigenvalue weighted by Gasteiger charge is 2.06. The van der Waals surface area contributed by atoms with Crippen LogP contribution < -0.4 is 14.8 Å². The molecule has 0 aliphatic carbocycles. The second-order valence-electron chi connectivity index (χ2n) is 6.03. The van der Waals surface area contributed by atoms with Crippen LogP contribution in [0.5, 0.6) is 11.5 Å². The van der Waals surface area contributed by atoms with E-state index in [4.69, 9.17) is 14.2 Å². The second kappa shape index (κ2) is 11.8. The average molecular weight is 383 g/mol. The molecule has 0 fully saturated rings. The van der Waals surface area contributed by atoms with Gasteiger partial charge in [0, 0.05) is 19.2 Å². The highest BCUT2D eigenvalue weighted by atomic mass is 16.5. The highest BCUT2D eigenvalue weighted by Crippen LogP contribution is 2.29. The summed E-state index contributed by atoms with van der Waals surface area (Å²) in [5.74, 6) is 1.23. The van der Waals surface area contributed by atoms with Crippen molar-refractivity contribution in [2.75, 3.05) is 19.8 Å². The molecule has 0 heterocycles. The summed E-state index contributed by atoms with van der Waals surface area (Å²) in [6.07, 6.45) is 3.29. The lowest BCUT2D eigenvalue weighted by Gasteiger charge is -2.11. The monoisotopic (exact) mass is 383 g/mol. The number of ether oxygens (including phenoxy) is 3. The van der Waals surface area contributed by atoms with Crippen molar-refractivity contribution >= 4 is 12.0 Å². The standard InChI is InChI=1S/C23H29NO4/c1-4-26-17-20-10-8-7-9-19(20)16-24-23(25)14-12-18-11-13-21(27-5-2)22(15-18)28-6-3/h7-15H,4-6,16-17H2,1-3H3,(H,24,25)/b14-12+. The van der Waals surface area contributed by atoms with Crippen molar-refractivity contribution in [3.63, 3.8) is 0 Å². The van der Waals surface area contributed by atoms with E-state index in [0.29, 0.717) is 44.5 Å². The number of benzene rings is 2. The zero-order chi connectivity index (χ0) is 20.2. The Hall–Kier alpha value is -2.79. The zero-order valence-corrected chi connectivity index (χ0v) is 16.9. The van der Waals surface area contributed by atoms with Gasteiger partial charge in [-0.1, -0.05) is 30.3 Å². The molecule has 5 nitrogen and oxygen atoms in total. The van der Waals surface area contributed by atoms with Gasteiger partial charge in [0.25, 0.3) is 0 Å². The molecule has 0 unspecified atom stereocenters. The first kappa shape index (κ1) is 21.5. The Kier molecular flexibility index (Phi) is 9.08. The van der Waals surface area contributed by atoms with Crippen LogP contribution in [0.15, 0.2) is 48.5 Å². The summed E-state index contributed by atoms with van der Waals surface area (Å²) in [6.45, 7) is 8.61. The van der Waals surface area contributed by atoms with Crippen molar-refractivity contribution in [3.05, 3.63) is 65.2 Å². The lowest BCUT2D eigenvalue weighted by atomic mass is 10.1.